The van der Waals surface area contributed by atoms with E-state index in [1.807, 2.05) is 36.4 Å². The number of benzene rings is 1. The van der Waals surface area contributed by atoms with Gasteiger partial charge in [-0.3, -0.25) is 0 Å². The van der Waals surface area contributed by atoms with Gasteiger partial charge in [-0.1, -0.05) is 18.2 Å². The molecule has 1 aliphatic rings. The van der Waals surface area contributed by atoms with Crippen LogP contribution in [0.5, 0.6) is 5.75 Å². The summed E-state index contributed by atoms with van der Waals surface area (Å²) >= 11 is 0. The van der Waals surface area contributed by atoms with E-state index in [-0.39, 0.29) is 0 Å². The molecule has 0 saturated carbocycles. The van der Waals surface area contributed by atoms with Crippen LogP contribution in [-0.2, 0) is 0 Å². The molecule has 0 amide bonds. The maximum Gasteiger partial charge on any atom is 0.132 e. The minimum absolute atomic E-state index is 0.398. The van der Waals surface area contributed by atoms with Gasteiger partial charge in [0.25, 0.3) is 0 Å². The lowest BCUT2D eigenvalue weighted by Gasteiger charge is -2.25. The minimum Gasteiger partial charge on any atom is -0.491 e. The zero-order valence-electron chi connectivity index (χ0n) is 10.8. The maximum atomic E-state index is 5.86. The molecule has 0 bridgehead atoms. The molecule has 1 aromatic heterocycles. The van der Waals surface area contributed by atoms with Gasteiger partial charge < -0.3 is 9.64 Å². The zero-order valence-corrected chi connectivity index (χ0v) is 10.8. The molecule has 2 aromatic rings. The predicted molar refractivity (Wildman–Crippen MR) is 74.3 cm³/mol. The van der Waals surface area contributed by atoms with Gasteiger partial charge in [-0.05, 0) is 31.0 Å². The van der Waals surface area contributed by atoms with E-state index in [9.17, 15) is 0 Å². The summed E-state index contributed by atoms with van der Waals surface area (Å²) in [6, 6.07) is 12.3. The Morgan fingerprint density at radius 3 is 2.89 bits per heavy atom. The third-order valence-corrected chi connectivity index (χ3v) is 3.42. The predicted octanol–water partition coefficient (Wildman–Crippen LogP) is 2.52. The summed E-state index contributed by atoms with van der Waals surface area (Å²) < 4.78 is 5.86. The molecule has 1 atom stereocenters. The van der Waals surface area contributed by atoms with E-state index in [1.54, 1.807) is 12.5 Å². The Morgan fingerprint density at radius 1 is 1.21 bits per heavy atom. The normalized spacial score (nSPS) is 18.5. The summed E-state index contributed by atoms with van der Waals surface area (Å²) in [7, 11) is 0. The molecule has 1 saturated heterocycles. The van der Waals surface area contributed by atoms with E-state index in [2.05, 4.69) is 14.9 Å². The fourth-order valence-corrected chi connectivity index (χ4v) is 2.47. The molecular weight excluding hydrogens is 238 g/mol. The van der Waals surface area contributed by atoms with Crippen molar-refractivity contribution in [3.8, 4) is 5.75 Å². The standard InChI is InChI=1S/C15H17N3O/c1-2-6-14(7-3-1)19-11-13-5-4-10-18(13)15-8-9-16-12-17-15/h1-3,6-9,12-13H,4-5,10-11H2/t13-/m1/s1. The molecule has 1 aliphatic heterocycles. The molecule has 2 heterocycles. The Kier molecular flexibility index (Phi) is 3.58. The molecule has 1 fully saturated rings. The van der Waals surface area contributed by atoms with Crippen molar-refractivity contribution in [3.63, 3.8) is 0 Å². The second-order valence-electron chi connectivity index (χ2n) is 4.68. The van der Waals surface area contributed by atoms with Crippen LogP contribution in [0.2, 0.25) is 0 Å². The Bertz CT molecular complexity index is 503. The smallest absolute Gasteiger partial charge is 0.132 e. The van der Waals surface area contributed by atoms with Crippen molar-refractivity contribution in [1.82, 2.24) is 9.97 Å². The first-order chi connectivity index (χ1) is 9.43. The molecule has 98 valence electrons. The van der Waals surface area contributed by atoms with Crippen LogP contribution >= 0.6 is 0 Å². The Morgan fingerprint density at radius 2 is 2.11 bits per heavy atom. The highest BCUT2D eigenvalue weighted by Gasteiger charge is 2.26. The summed E-state index contributed by atoms with van der Waals surface area (Å²) in [5.74, 6) is 1.92. The number of hydrogen-bond acceptors (Lipinski definition) is 4. The fraction of sp³-hybridized carbons (Fsp3) is 0.333. The lowest BCUT2D eigenvalue weighted by Crippen LogP contribution is -2.34. The highest BCUT2D eigenvalue weighted by molar-refractivity contribution is 5.39. The summed E-state index contributed by atoms with van der Waals surface area (Å²) in [4.78, 5) is 10.6. The van der Waals surface area contributed by atoms with Crippen molar-refractivity contribution >= 4 is 5.82 Å². The number of aromatic nitrogens is 2. The Balaban J connectivity index is 1.64. The van der Waals surface area contributed by atoms with Crippen LogP contribution in [0.25, 0.3) is 0 Å². The van der Waals surface area contributed by atoms with Crippen LogP contribution in [0.15, 0.2) is 48.9 Å². The number of hydrogen-bond donors (Lipinski definition) is 0. The minimum atomic E-state index is 0.398. The van der Waals surface area contributed by atoms with Crippen LogP contribution in [0, 0.1) is 0 Å². The second kappa shape index (κ2) is 5.69. The number of para-hydroxylation sites is 1. The van der Waals surface area contributed by atoms with Crippen molar-refractivity contribution in [1.29, 1.82) is 0 Å². The summed E-state index contributed by atoms with van der Waals surface area (Å²) in [6.45, 7) is 1.74. The second-order valence-corrected chi connectivity index (χ2v) is 4.68. The first kappa shape index (κ1) is 12.0. The highest BCUT2D eigenvalue weighted by Crippen LogP contribution is 2.23. The number of rotatable bonds is 4. The lowest BCUT2D eigenvalue weighted by atomic mass is 10.2. The van der Waals surface area contributed by atoms with Gasteiger partial charge in [0.05, 0.1) is 6.04 Å². The van der Waals surface area contributed by atoms with E-state index in [4.69, 9.17) is 4.74 Å². The average molecular weight is 255 g/mol. The average Bonchev–Trinajstić information content (AvgIpc) is 2.95. The monoisotopic (exact) mass is 255 g/mol. The van der Waals surface area contributed by atoms with Crippen LogP contribution in [0.1, 0.15) is 12.8 Å². The maximum absolute atomic E-state index is 5.86. The number of anilines is 1. The van der Waals surface area contributed by atoms with Crippen LogP contribution < -0.4 is 9.64 Å². The lowest BCUT2D eigenvalue weighted by molar-refractivity contribution is 0.288. The molecule has 0 aliphatic carbocycles. The van der Waals surface area contributed by atoms with Crippen molar-refractivity contribution in [2.75, 3.05) is 18.1 Å². The first-order valence-corrected chi connectivity index (χ1v) is 6.64. The third-order valence-electron chi connectivity index (χ3n) is 3.42. The SMILES string of the molecule is c1ccc(OC[C@H]2CCCN2c2ccncn2)cc1. The van der Waals surface area contributed by atoms with Gasteiger partial charge in [-0.15, -0.1) is 0 Å². The molecule has 0 N–H and O–H groups in total. The van der Waals surface area contributed by atoms with Gasteiger partial charge >= 0.3 is 0 Å². The highest BCUT2D eigenvalue weighted by atomic mass is 16.5. The van der Waals surface area contributed by atoms with Crippen LogP contribution in [0.4, 0.5) is 5.82 Å². The summed E-state index contributed by atoms with van der Waals surface area (Å²) in [5.41, 5.74) is 0. The van der Waals surface area contributed by atoms with E-state index in [0.717, 1.165) is 24.5 Å². The number of nitrogens with zero attached hydrogens (tertiary/aromatic N) is 3. The molecule has 4 nitrogen and oxygen atoms in total. The van der Waals surface area contributed by atoms with Gasteiger partial charge in [0.2, 0.25) is 0 Å². The molecule has 4 heteroatoms. The third kappa shape index (κ3) is 2.84. The van der Waals surface area contributed by atoms with Gasteiger partial charge in [-0.25, -0.2) is 9.97 Å². The first-order valence-electron chi connectivity index (χ1n) is 6.64. The topological polar surface area (TPSA) is 38.2 Å². The van der Waals surface area contributed by atoms with Crippen molar-refractivity contribution in [2.24, 2.45) is 0 Å². The summed E-state index contributed by atoms with van der Waals surface area (Å²) in [5, 5.41) is 0. The van der Waals surface area contributed by atoms with Gasteiger partial charge in [0, 0.05) is 12.7 Å². The summed E-state index contributed by atoms with van der Waals surface area (Å²) in [6.07, 6.45) is 5.72. The van der Waals surface area contributed by atoms with E-state index in [1.165, 1.54) is 6.42 Å². The van der Waals surface area contributed by atoms with E-state index < -0.39 is 0 Å². The fourth-order valence-electron chi connectivity index (χ4n) is 2.47. The van der Waals surface area contributed by atoms with Crippen molar-refractivity contribution in [3.05, 3.63) is 48.9 Å². The van der Waals surface area contributed by atoms with Crippen LogP contribution in [-0.4, -0.2) is 29.2 Å². The molecular formula is C15H17N3O. The largest absolute Gasteiger partial charge is 0.491 e. The van der Waals surface area contributed by atoms with E-state index >= 15 is 0 Å². The van der Waals surface area contributed by atoms with Gasteiger partial charge in [-0.2, -0.15) is 0 Å². The van der Waals surface area contributed by atoms with Gasteiger partial charge in [0.15, 0.2) is 0 Å². The molecule has 19 heavy (non-hydrogen) atoms. The Labute approximate surface area is 113 Å². The number of ether oxygens (including phenoxy) is 1. The van der Waals surface area contributed by atoms with Crippen molar-refractivity contribution in [2.45, 2.75) is 18.9 Å². The molecule has 1 aromatic carbocycles. The molecule has 3 rings (SSSR count). The molecule has 0 radical (unpaired) electrons. The quantitative estimate of drug-likeness (QED) is 0.841. The zero-order chi connectivity index (χ0) is 12.9. The van der Waals surface area contributed by atoms with E-state index in [0.29, 0.717) is 12.6 Å². The molecule has 0 spiro atoms. The Hall–Kier alpha value is -2.10. The molecule has 0 unspecified atom stereocenters. The van der Waals surface area contributed by atoms with Crippen LogP contribution in [0.3, 0.4) is 0 Å². The van der Waals surface area contributed by atoms with Crippen molar-refractivity contribution < 1.29 is 4.74 Å². The van der Waals surface area contributed by atoms with Gasteiger partial charge in [0.1, 0.15) is 24.5 Å².